The van der Waals surface area contributed by atoms with Gasteiger partial charge in [0.2, 0.25) is 0 Å². The van der Waals surface area contributed by atoms with Crippen LogP contribution in [0.4, 0.5) is 0 Å². The van der Waals surface area contributed by atoms with Gasteiger partial charge in [0.1, 0.15) is 5.15 Å². The summed E-state index contributed by atoms with van der Waals surface area (Å²) in [5, 5.41) is 10.3. The van der Waals surface area contributed by atoms with E-state index in [1.54, 1.807) is 18.4 Å². The molecular weight excluding hydrogens is 284 g/mol. The van der Waals surface area contributed by atoms with Crippen LogP contribution in [-0.4, -0.2) is 20.7 Å². The Hall–Kier alpha value is -1.40. The van der Waals surface area contributed by atoms with E-state index in [0.29, 0.717) is 23.2 Å². The lowest BCUT2D eigenvalue weighted by molar-refractivity contribution is 0.0950. The fourth-order valence-electron chi connectivity index (χ4n) is 1.76. The quantitative estimate of drug-likeness (QED) is 0.942. The standard InChI is InChI=1S/C12H13ClN4OS/c1-17-10(13)9(5-15-17)11(18)14-4-8-6-19-12(16-8)7-2-3-7/h5-7H,2-4H2,1H3,(H,14,18). The Morgan fingerprint density at radius 2 is 2.42 bits per heavy atom. The second kappa shape index (κ2) is 4.94. The van der Waals surface area contributed by atoms with Gasteiger partial charge in [-0.3, -0.25) is 9.48 Å². The monoisotopic (exact) mass is 296 g/mol. The summed E-state index contributed by atoms with van der Waals surface area (Å²) in [6.07, 6.45) is 3.95. The minimum Gasteiger partial charge on any atom is -0.346 e. The Bertz CT molecular complexity index is 617. The number of carbonyl (C=O) groups excluding carboxylic acids is 1. The average molecular weight is 297 g/mol. The summed E-state index contributed by atoms with van der Waals surface area (Å²) in [5.41, 5.74) is 1.29. The Morgan fingerprint density at radius 3 is 3.05 bits per heavy atom. The summed E-state index contributed by atoms with van der Waals surface area (Å²) in [7, 11) is 1.70. The Kier molecular flexibility index (Phi) is 3.28. The molecule has 1 aliphatic carbocycles. The molecule has 1 fully saturated rings. The van der Waals surface area contributed by atoms with Crippen molar-refractivity contribution in [3.8, 4) is 0 Å². The zero-order valence-corrected chi connectivity index (χ0v) is 12.0. The first-order valence-corrected chi connectivity index (χ1v) is 7.31. The fourth-order valence-corrected chi connectivity index (χ4v) is 2.93. The highest BCUT2D eigenvalue weighted by atomic mass is 35.5. The molecule has 1 N–H and O–H groups in total. The van der Waals surface area contributed by atoms with Crippen molar-refractivity contribution in [3.63, 3.8) is 0 Å². The first-order valence-electron chi connectivity index (χ1n) is 6.05. The lowest BCUT2D eigenvalue weighted by Crippen LogP contribution is -2.23. The number of carbonyl (C=O) groups is 1. The third-order valence-corrected chi connectivity index (χ3v) is 4.54. The molecule has 2 aromatic rings. The van der Waals surface area contributed by atoms with Gasteiger partial charge < -0.3 is 5.32 Å². The molecule has 0 spiro atoms. The fraction of sp³-hybridized carbons (Fsp3) is 0.417. The maximum absolute atomic E-state index is 11.9. The molecule has 19 heavy (non-hydrogen) atoms. The number of aryl methyl sites for hydroxylation is 1. The van der Waals surface area contributed by atoms with E-state index >= 15 is 0 Å². The second-order valence-corrected chi connectivity index (χ2v) is 5.85. The van der Waals surface area contributed by atoms with Gasteiger partial charge in [-0.15, -0.1) is 11.3 Å². The lowest BCUT2D eigenvalue weighted by Gasteiger charge is -2.01. The number of amides is 1. The normalized spacial score (nSPS) is 14.6. The molecule has 0 aliphatic heterocycles. The van der Waals surface area contributed by atoms with Gasteiger partial charge in [0.25, 0.3) is 5.91 Å². The average Bonchev–Trinajstić information content (AvgIpc) is 3.06. The number of halogens is 1. The molecule has 3 rings (SSSR count). The molecule has 0 unspecified atom stereocenters. The Labute approximate surface area is 119 Å². The van der Waals surface area contributed by atoms with Gasteiger partial charge in [-0.25, -0.2) is 4.98 Å². The van der Waals surface area contributed by atoms with Gasteiger partial charge in [-0.2, -0.15) is 5.10 Å². The summed E-state index contributed by atoms with van der Waals surface area (Å²) >= 11 is 7.64. The molecule has 0 bridgehead atoms. The van der Waals surface area contributed by atoms with Crippen molar-refractivity contribution in [2.24, 2.45) is 7.05 Å². The van der Waals surface area contributed by atoms with E-state index in [1.807, 2.05) is 5.38 Å². The predicted octanol–water partition coefficient (Wildman–Crippen LogP) is 2.34. The third-order valence-electron chi connectivity index (χ3n) is 3.04. The molecule has 2 aromatic heterocycles. The molecule has 1 aliphatic rings. The number of hydrogen-bond donors (Lipinski definition) is 1. The molecule has 1 saturated carbocycles. The number of hydrogen-bond acceptors (Lipinski definition) is 4. The number of nitrogens with one attached hydrogen (secondary N) is 1. The van der Waals surface area contributed by atoms with Crippen LogP contribution in [0.3, 0.4) is 0 Å². The van der Waals surface area contributed by atoms with Crippen LogP contribution in [0.15, 0.2) is 11.6 Å². The topological polar surface area (TPSA) is 59.8 Å². The van der Waals surface area contributed by atoms with E-state index in [-0.39, 0.29) is 5.91 Å². The van der Waals surface area contributed by atoms with Crippen molar-refractivity contribution < 1.29 is 4.79 Å². The number of nitrogens with zero attached hydrogens (tertiary/aromatic N) is 3. The van der Waals surface area contributed by atoms with Crippen molar-refractivity contribution in [1.29, 1.82) is 0 Å². The van der Waals surface area contributed by atoms with Crippen molar-refractivity contribution >= 4 is 28.8 Å². The third kappa shape index (κ3) is 2.64. The first kappa shape index (κ1) is 12.6. The zero-order valence-electron chi connectivity index (χ0n) is 10.4. The molecular formula is C12H13ClN4OS. The van der Waals surface area contributed by atoms with Crippen LogP contribution in [0.25, 0.3) is 0 Å². The highest BCUT2D eigenvalue weighted by Crippen LogP contribution is 2.41. The SMILES string of the molecule is Cn1ncc(C(=O)NCc2csc(C3CC3)n2)c1Cl. The van der Waals surface area contributed by atoms with E-state index < -0.39 is 0 Å². The van der Waals surface area contributed by atoms with Gasteiger partial charge in [-0.1, -0.05) is 11.6 Å². The van der Waals surface area contributed by atoms with Gasteiger partial charge in [0.15, 0.2) is 0 Å². The Balaban J connectivity index is 1.61. The van der Waals surface area contributed by atoms with Gasteiger partial charge in [0.05, 0.1) is 29.0 Å². The highest BCUT2D eigenvalue weighted by molar-refractivity contribution is 7.09. The summed E-state index contributed by atoms with van der Waals surface area (Å²) in [6, 6.07) is 0. The van der Waals surface area contributed by atoms with Crippen LogP contribution in [0.5, 0.6) is 0 Å². The van der Waals surface area contributed by atoms with Crippen LogP contribution in [-0.2, 0) is 13.6 Å². The molecule has 0 atom stereocenters. The van der Waals surface area contributed by atoms with Gasteiger partial charge in [-0.05, 0) is 12.8 Å². The van der Waals surface area contributed by atoms with E-state index in [0.717, 1.165) is 5.69 Å². The van der Waals surface area contributed by atoms with Gasteiger partial charge in [0, 0.05) is 18.3 Å². The minimum absolute atomic E-state index is 0.223. The summed E-state index contributed by atoms with van der Waals surface area (Å²) in [4.78, 5) is 16.4. The molecule has 7 heteroatoms. The number of thiazole rings is 1. The first-order chi connectivity index (χ1) is 9.15. The van der Waals surface area contributed by atoms with Crippen LogP contribution in [0.2, 0.25) is 5.15 Å². The molecule has 5 nitrogen and oxygen atoms in total. The predicted molar refractivity (Wildman–Crippen MR) is 73.5 cm³/mol. The van der Waals surface area contributed by atoms with E-state index in [2.05, 4.69) is 15.4 Å². The van der Waals surface area contributed by atoms with Crippen molar-refractivity contribution in [1.82, 2.24) is 20.1 Å². The number of rotatable bonds is 4. The van der Waals surface area contributed by atoms with E-state index in [1.165, 1.54) is 28.7 Å². The largest absolute Gasteiger partial charge is 0.346 e. The Morgan fingerprint density at radius 1 is 1.63 bits per heavy atom. The van der Waals surface area contributed by atoms with E-state index in [4.69, 9.17) is 11.6 Å². The summed E-state index contributed by atoms with van der Waals surface area (Å²) < 4.78 is 1.46. The lowest BCUT2D eigenvalue weighted by atomic mass is 10.3. The van der Waals surface area contributed by atoms with E-state index in [9.17, 15) is 4.79 Å². The van der Waals surface area contributed by atoms with Crippen LogP contribution < -0.4 is 5.32 Å². The number of aromatic nitrogens is 3. The van der Waals surface area contributed by atoms with Gasteiger partial charge >= 0.3 is 0 Å². The molecule has 2 heterocycles. The minimum atomic E-state index is -0.223. The molecule has 0 radical (unpaired) electrons. The maximum atomic E-state index is 11.9. The van der Waals surface area contributed by atoms with Crippen LogP contribution in [0, 0.1) is 0 Å². The summed E-state index contributed by atoms with van der Waals surface area (Å²) in [6.45, 7) is 0.424. The summed E-state index contributed by atoms with van der Waals surface area (Å²) in [5.74, 6) is 0.432. The molecule has 100 valence electrons. The van der Waals surface area contributed by atoms with Crippen LogP contribution in [0.1, 0.15) is 39.8 Å². The van der Waals surface area contributed by atoms with Crippen molar-refractivity contribution in [3.05, 3.63) is 33.0 Å². The van der Waals surface area contributed by atoms with Crippen LogP contribution >= 0.6 is 22.9 Å². The zero-order chi connectivity index (χ0) is 13.4. The smallest absolute Gasteiger partial charge is 0.256 e. The molecule has 1 amide bonds. The molecule has 0 saturated heterocycles. The van der Waals surface area contributed by atoms with Crippen molar-refractivity contribution in [2.45, 2.75) is 25.3 Å². The maximum Gasteiger partial charge on any atom is 0.256 e. The highest BCUT2D eigenvalue weighted by Gasteiger charge is 2.26. The van der Waals surface area contributed by atoms with Crippen molar-refractivity contribution in [2.75, 3.05) is 0 Å². The second-order valence-electron chi connectivity index (χ2n) is 4.61. The molecule has 0 aromatic carbocycles.